The third kappa shape index (κ3) is 4.82. The van der Waals surface area contributed by atoms with Crippen LogP contribution in [0.1, 0.15) is 26.7 Å². The van der Waals surface area contributed by atoms with E-state index in [9.17, 15) is 4.79 Å². The van der Waals surface area contributed by atoms with Crippen LogP contribution in [-0.4, -0.2) is 23.0 Å². The molecule has 0 aliphatic rings. The van der Waals surface area contributed by atoms with Crippen LogP contribution in [0.4, 0.5) is 0 Å². The minimum atomic E-state index is 0.917. The predicted octanol–water partition coefficient (Wildman–Crippen LogP) is 1.82. The van der Waals surface area contributed by atoms with Gasteiger partial charge in [-0.2, -0.15) is 0 Å². The van der Waals surface area contributed by atoms with Gasteiger partial charge in [0.05, 0.1) is 0 Å². The lowest BCUT2D eigenvalue weighted by Gasteiger charge is -2.13. The maximum Gasteiger partial charge on any atom is 0.282 e. The van der Waals surface area contributed by atoms with Crippen LogP contribution >= 0.6 is 11.9 Å². The molecule has 0 atom stereocenters. The van der Waals surface area contributed by atoms with Crippen molar-refractivity contribution in [2.24, 2.45) is 0 Å². The Morgan fingerprint density at radius 2 is 2.20 bits per heavy atom. The van der Waals surface area contributed by atoms with Crippen molar-refractivity contribution in [3.8, 4) is 0 Å². The van der Waals surface area contributed by atoms with E-state index in [-0.39, 0.29) is 0 Å². The first kappa shape index (κ1) is 9.98. The Bertz CT molecular complexity index is 87.7. The van der Waals surface area contributed by atoms with Crippen LogP contribution in [0.3, 0.4) is 0 Å². The minimum Gasteiger partial charge on any atom is -0.276 e. The molecule has 0 N–H and O–H groups in total. The predicted molar refractivity (Wildman–Crippen MR) is 45.4 cm³/mol. The highest BCUT2D eigenvalue weighted by molar-refractivity contribution is 8.09. The third-order valence-electron chi connectivity index (χ3n) is 1.28. The second-order valence-electron chi connectivity index (χ2n) is 2.05. The molecule has 59 valence electrons. The SMILES string of the molecule is CCCCN(CC)S[C]=O. The standard InChI is InChI=1S/C7H14NOS/c1-3-5-6-8(4-2)10-7-9/h3-6H2,1-2H3. The minimum absolute atomic E-state index is 0.917. The Hall–Kier alpha value is -0.0200. The van der Waals surface area contributed by atoms with Crippen LogP contribution in [0, 0.1) is 0 Å². The molecule has 2 nitrogen and oxygen atoms in total. The highest BCUT2D eigenvalue weighted by Crippen LogP contribution is 2.06. The van der Waals surface area contributed by atoms with Gasteiger partial charge >= 0.3 is 0 Å². The van der Waals surface area contributed by atoms with Gasteiger partial charge in [0.2, 0.25) is 0 Å². The molecule has 0 aliphatic carbocycles. The van der Waals surface area contributed by atoms with Crippen molar-refractivity contribution in [2.75, 3.05) is 13.1 Å². The Labute approximate surface area is 67.1 Å². The van der Waals surface area contributed by atoms with E-state index in [4.69, 9.17) is 0 Å². The van der Waals surface area contributed by atoms with Gasteiger partial charge in [-0.3, -0.25) is 4.79 Å². The number of hydrogen-bond donors (Lipinski definition) is 0. The van der Waals surface area contributed by atoms with E-state index in [1.165, 1.54) is 6.42 Å². The number of hydrogen-bond acceptors (Lipinski definition) is 3. The van der Waals surface area contributed by atoms with Crippen LogP contribution in [0.2, 0.25) is 0 Å². The Kier molecular flexibility index (Phi) is 7.08. The van der Waals surface area contributed by atoms with Gasteiger partial charge in [0.1, 0.15) is 0 Å². The molecular formula is C7H14NOS. The van der Waals surface area contributed by atoms with Crippen molar-refractivity contribution >= 4 is 17.6 Å². The van der Waals surface area contributed by atoms with Gasteiger partial charge in [-0.1, -0.05) is 20.3 Å². The summed E-state index contributed by atoms with van der Waals surface area (Å²) in [5.41, 5.74) is 1.82. The zero-order valence-corrected chi connectivity index (χ0v) is 7.41. The van der Waals surface area contributed by atoms with Crippen LogP contribution < -0.4 is 0 Å². The van der Waals surface area contributed by atoms with E-state index in [0.717, 1.165) is 31.5 Å². The van der Waals surface area contributed by atoms with Crippen molar-refractivity contribution in [1.82, 2.24) is 4.31 Å². The maximum absolute atomic E-state index is 9.93. The van der Waals surface area contributed by atoms with Crippen LogP contribution in [0.15, 0.2) is 0 Å². The number of nitrogens with zero attached hydrogens (tertiary/aromatic N) is 1. The van der Waals surface area contributed by atoms with Crippen molar-refractivity contribution in [3.05, 3.63) is 0 Å². The normalized spacial score (nSPS) is 10.3. The van der Waals surface area contributed by atoms with Gasteiger partial charge in [0.15, 0.2) is 0 Å². The molecule has 3 heteroatoms. The average molecular weight is 160 g/mol. The van der Waals surface area contributed by atoms with E-state index >= 15 is 0 Å². The lowest BCUT2D eigenvalue weighted by Crippen LogP contribution is -2.15. The first-order valence-corrected chi connectivity index (χ1v) is 4.41. The van der Waals surface area contributed by atoms with Crippen molar-refractivity contribution in [1.29, 1.82) is 0 Å². The van der Waals surface area contributed by atoms with Gasteiger partial charge in [0, 0.05) is 25.0 Å². The lowest BCUT2D eigenvalue weighted by atomic mass is 10.3. The first-order valence-electron chi connectivity index (χ1n) is 3.64. The van der Waals surface area contributed by atoms with E-state index in [2.05, 4.69) is 6.92 Å². The molecule has 0 aliphatic heterocycles. The van der Waals surface area contributed by atoms with Gasteiger partial charge in [-0.15, -0.1) is 0 Å². The Balaban J connectivity index is 3.29. The summed E-state index contributed by atoms with van der Waals surface area (Å²) in [7, 11) is 0. The van der Waals surface area contributed by atoms with Crippen LogP contribution in [0.5, 0.6) is 0 Å². The molecule has 0 spiro atoms. The molecule has 10 heavy (non-hydrogen) atoms. The van der Waals surface area contributed by atoms with E-state index in [0.29, 0.717) is 0 Å². The molecule has 0 amide bonds. The first-order chi connectivity index (χ1) is 4.85. The third-order valence-corrected chi connectivity index (χ3v) is 2.05. The second kappa shape index (κ2) is 7.09. The van der Waals surface area contributed by atoms with Gasteiger partial charge in [-0.05, 0) is 6.42 Å². The summed E-state index contributed by atoms with van der Waals surface area (Å²) in [6, 6.07) is 0. The Morgan fingerprint density at radius 1 is 1.50 bits per heavy atom. The van der Waals surface area contributed by atoms with E-state index < -0.39 is 0 Å². The monoisotopic (exact) mass is 160 g/mol. The summed E-state index contributed by atoms with van der Waals surface area (Å²) in [6.07, 6.45) is 2.33. The van der Waals surface area contributed by atoms with Crippen molar-refractivity contribution in [3.63, 3.8) is 0 Å². The summed E-state index contributed by atoms with van der Waals surface area (Å²) in [4.78, 5) is 9.93. The van der Waals surface area contributed by atoms with Crippen molar-refractivity contribution < 1.29 is 4.79 Å². The molecule has 0 bridgehead atoms. The molecule has 0 saturated carbocycles. The molecule has 0 aromatic rings. The topological polar surface area (TPSA) is 20.3 Å². The summed E-state index contributed by atoms with van der Waals surface area (Å²) in [5, 5.41) is 0. The fourth-order valence-corrected chi connectivity index (χ4v) is 1.11. The lowest BCUT2D eigenvalue weighted by molar-refractivity contribution is 0.480. The quantitative estimate of drug-likeness (QED) is 0.553. The van der Waals surface area contributed by atoms with E-state index in [1.54, 1.807) is 0 Å². The molecule has 0 fully saturated rings. The fourth-order valence-electron chi connectivity index (χ4n) is 0.655. The van der Waals surface area contributed by atoms with Gasteiger partial charge in [0.25, 0.3) is 5.62 Å². The summed E-state index contributed by atoms with van der Waals surface area (Å²) in [5.74, 6) is 0. The molecule has 0 heterocycles. The summed E-state index contributed by atoms with van der Waals surface area (Å²) < 4.78 is 2.01. The van der Waals surface area contributed by atoms with Crippen molar-refractivity contribution in [2.45, 2.75) is 26.7 Å². The molecule has 0 aromatic carbocycles. The van der Waals surface area contributed by atoms with Gasteiger partial charge in [-0.25, -0.2) is 4.31 Å². The zero-order chi connectivity index (χ0) is 7.82. The Morgan fingerprint density at radius 3 is 2.60 bits per heavy atom. The molecule has 0 unspecified atom stereocenters. The number of rotatable bonds is 6. The maximum atomic E-state index is 9.93. The largest absolute Gasteiger partial charge is 0.282 e. The van der Waals surface area contributed by atoms with Gasteiger partial charge < -0.3 is 0 Å². The highest BCUT2D eigenvalue weighted by atomic mass is 32.2. The van der Waals surface area contributed by atoms with Crippen LogP contribution in [0.25, 0.3) is 0 Å². The molecule has 0 rings (SSSR count). The number of unbranched alkanes of at least 4 members (excludes halogenated alkanes) is 1. The fraction of sp³-hybridized carbons (Fsp3) is 0.857. The molecule has 1 radical (unpaired) electrons. The molecular weight excluding hydrogens is 146 g/mol. The van der Waals surface area contributed by atoms with Crippen LogP contribution in [-0.2, 0) is 4.79 Å². The average Bonchev–Trinajstić information content (AvgIpc) is 1.98. The number of carbonyl (C=O) groups excluding carboxylic acids is 1. The highest BCUT2D eigenvalue weighted by Gasteiger charge is 1.99. The smallest absolute Gasteiger partial charge is 0.276 e. The van der Waals surface area contributed by atoms with E-state index in [1.807, 2.05) is 16.8 Å². The second-order valence-corrected chi connectivity index (χ2v) is 2.92. The zero-order valence-electron chi connectivity index (χ0n) is 6.59. The summed E-state index contributed by atoms with van der Waals surface area (Å²) >= 11 is 1.14. The molecule has 0 aromatic heterocycles. The molecule has 0 saturated heterocycles. The summed E-state index contributed by atoms with van der Waals surface area (Å²) in [6.45, 7) is 6.09.